The molecule has 1 aliphatic heterocycles. The summed E-state index contributed by atoms with van der Waals surface area (Å²) in [7, 11) is 0. The molecule has 0 spiro atoms. The molecule has 1 aromatic carbocycles. The minimum Gasteiger partial charge on any atom is -0.493 e. The number of nitrogens with one attached hydrogen (secondary N) is 1. The van der Waals surface area contributed by atoms with Gasteiger partial charge in [-0.1, -0.05) is 41.6 Å². The number of benzene rings is 1. The highest BCUT2D eigenvalue weighted by molar-refractivity contribution is 9.10. The first kappa shape index (κ1) is 14.9. The number of carbonyl (C=O) groups is 1. The van der Waals surface area contributed by atoms with E-state index in [9.17, 15) is 4.79 Å². The van der Waals surface area contributed by atoms with Crippen molar-refractivity contribution in [3.63, 3.8) is 0 Å². The lowest BCUT2D eigenvalue weighted by Gasteiger charge is -2.12. The van der Waals surface area contributed by atoms with Crippen LogP contribution in [0, 0.1) is 5.92 Å². The minimum atomic E-state index is 0.161. The van der Waals surface area contributed by atoms with Crippen LogP contribution in [0.15, 0.2) is 16.6 Å². The Hall–Kier alpha value is -1.03. The number of amides is 1. The first-order chi connectivity index (χ1) is 10.2. The quantitative estimate of drug-likeness (QED) is 0.871. The van der Waals surface area contributed by atoms with E-state index in [1.807, 2.05) is 6.07 Å². The predicted octanol–water partition coefficient (Wildman–Crippen LogP) is 3.97. The normalized spacial score (nSPS) is 17.6. The second-order valence-corrected chi connectivity index (χ2v) is 7.03. The highest BCUT2D eigenvalue weighted by Crippen LogP contribution is 2.33. The zero-order valence-corrected chi connectivity index (χ0v) is 13.9. The maximum Gasteiger partial charge on any atom is 0.220 e. The second kappa shape index (κ2) is 6.82. The van der Waals surface area contributed by atoms with Crippen molar-refractivity contribution in [1.29, 1.82) is 0 Å². The van der Waals surface area contributed by atoms with Crippen LogP contribution in [0.2, 0.25) is 0 Å². The molecule has 114 valence electrons. The van der Waals surface area contributed by atoms with Crippen molar-refractivity contribution in [3.05, 3.63) is 27.7 Å². The molecule has 1 aliphatic carbocycles. The van der Waals surface area contributed by atoms with Crippen molar-refractivity contribution in [2.24, 2.45) is 5.92 Å². The van der Waals surface area contributed by atoms with Crippen molar-refractivity contribution in [2.45, 2.75) is 51.5 Å². The fraction of sp³-hybridized carbons (Fsp3) is 0.588. The lowest BCUT2D eigenvalue weighted by Crippen LogP contribution is -2.23. The predicted molar refractivity (Wildman–Crippen MR) is 86.4 cm³/mol. The van der Waals surface area contributed by atoms with Crippen LogP contribution in [0.25, 0.3) is 0 Å². The van der Waals surface area contributed by atoms with Crippen molar-refractivity contribution in [1.82, 2.24) is 5.32 Å². The van der Waals surface area contributed by atoms with E-state index >= 15 is 0 Å². The molecule has 3 rings (SSSR count). The van der Waals surface area contributed by atoms with Gasteiger partial charge in [0, 0.05) is 29.4 Å². The standard InChI is InChI=1S/C17H22BrNO2/c18-15-9-13-7-8-21-17(13)14(10-15)11-19-16(20)6-5-12-3-1-2-4-12/h9-10,12H,1-8,11H2,(H,19,20). The highest BCUT2D eigenvalue weighted by Gasteiger charge is 2.19. The Morgan fingerprint density at radius 3 is 2.95 bits per heavy atom. The summed E-state index contributed by atoms with van der Waals surface area (Å²) in [6.07, 6.45) is 7.94. The highest BCUT2D eigenvalue weighted by atomic mass is 79.9. The maximum atomic E-state index is 12.0. The summed E-state index contributed by atoms with van der Waals surface area (Å²) in [6, 6.07) is 4.15. The van der Waals surface area contributed by atoms with Crippen LogP contribution in [0.5, 0.6) is 5.75 Å². The van der Waals surface area contributed by atoms with Crippen LogP contribution in [0.1, 0.15) is 49.7 Å². The monoisotopic (exact) mass is 351 g/mol. The van der Waals surface area contributed by atoms with Gasteiger partial charge in [-0.2, -0.15) is 0 Å². The van der Waals surface area contributed by atoms with E-state index in [0.29, 0.717) is 13.0 Å². The van der Waals surface area contributed by atoms with Gasteiger partial charge in [0.1, 0.15) is 5.75 Å². The fourth-order valence-electron chi connectivity index (χ4n) is 3.39. The molecule has 0 saturated heterocycles. The molecule has 2 aliphatic rings. The van der Waals surface area contributed by atoms with Crippen molar-refractivity contribution in [3.8, 4) is 5.75 Å². The molecule has 0 radical (unpaired) electrons. The molecule has 1 amide bonds. The van der Waals surface area contributed by atoms with Crippen molar-refractivity contribution in [2.75, 3.05) is 6.61 Å². The van der Waals surface area contributed by atoms with E-state index < -0.39 is 0 Å². The Labute approximate surface area is 134 Å². The van der Waals surface area contributed by atoms with Gasteiger partial charge in [-0.15, -0.1) is 0 Å². The number of hydrogen-bond donors (Lipinski definition) is 1. The lowest BCUT2D eigenvalue weighted by molar-refractivity contribution is -0.121. The lowest BCUT2D eigenvalue weighted by atomic mass is 10.0. The van der Waals surface area contributed by atoms with E-state index in [2.05, 4.69) is 27.3 Å². The zero-order chi connectivity index (χ0) is 14.7. The van der Waals surface area contributed by atoms with Gasteiger partial charge >= 0.3 is 0 Å². The molecule has 0 atom stereocenters. The SMILES string of the molecule is O=C(CCC1CCCC1)NCc1cc(Br)cc2c1OCC2. The molecule has 1 saturated carbocycles. The number of rotatable bonds is 5. The molecule has 1 heterocycles. The Morgan fingerprint density at radius 1 is 1.33 bits per heavy atom. The van der Waals surface area contributed by atoms with E-state index in [4.69, 9.17) is 4.74 Å². The average molecular weight is 352 g/mol. The topological polar surface area (TPSA) is 38.3 Å². The average Bonchev–Trinajstić information content (AvgIpc) is 3.13. The van der Waals surface area contributed by atoms with Gasteiger partial charge in [0.25, 0.3) is 0 Å². The molecule has 3 nitrogen and oxygen atoms in total. The summed E-state index contributed by atoms with van der Waals surface area (Å²) in [5, 5.41) is 3.04. The summed E-state index contributed by atoms with van der Waals surface area (Å²) >= 11 is 3.53. The Bertz CT molecular complexity index is 524. The van der Waals surface area contributed by atoms with Crippen molar-refractivity contribution < 1.29 is 9.53 Å². The van der Waals surface area contributed by atoms with Gasteiger partial charge in [0.05, 0.1) is 6.61 Å². The van der Waals surface area contributed by atoms with Crippen LogP contribution in [-0.2, 0) is 17.8 Å². The third-order valence-electron chi connectivity index (χ3n) is 4.56. The molecule has 1 aromatic rings. The summed E-state index contributed by atoms with van der Waals surface area (Å²) in [5.41, 5.74) is 2.31. The Balaban J connectivity index is 1.51. The van der Waals surface area contributed by atoms with E-state index in [0.717, 1.165) is 41.2 Å². The van der Waals surface area contributed by atoms with Crippen LogP contribution in [0.4, 0.5) is 0 Å². The summed E-state index contributed by atoms with van der Waals surface area (Å²) in [5.74, 6) is 1.90. The summed E-state index contributed by atoms with van der Waals surface area (Å²) in [6.45, 7) is 1.31. The number of carbonyl (C=O) groups excluding carboxylic acids is 1. The Kier molecular flexibility index (Phi) is 4.84. The molecule has 1 fully saturated rings. The van der Waals surface area contributed by atoms with Crippen LogP contribution in [0.3, 0.4) is 0 Å². The van der Waals surface area contributed by atoms with Gasteiger partial charge in [-0.3, -0.25) is 4.79 Å². The largest absolute Gasteiger partial charge is 0.493 e. The van der Waals surface area contributed by atoms with Gasteiger partial charge < -0.3 is 10.1 Å². The number of ether oxygens (including phenoxy) is 1. The number of halogens is 1. The zero-order valence-electron chi connectivity index (χ0n) is 12.3. The van der Waals surface area contributed by atoms with Gasteiger partial charge in [-0.05, 0) is 30.0 Å². The van der Waals surface area contributed by atoms with Crippen LogP contribution < -0.4 is 10.1 Å². The van der Waals surface area contributed by atoms with E-state index in [-0.39, 0.29) is 5.91 Å². The fourth-order valence-corrected chi connectivity index (χ4v) is 3.95. The Morgan fingerprint density at radius 2 is 2.14 bits per heavy atom. The first-order valence-corrected chi connectivity index (χ1v) is 8.72. The number of hydrogen-bond acceptors (Lipinski definition) is 2. The van der Waals surface area contributed by atoms with Crippen molar-refractivity contribution >= 4 is 21.8 Å². The molecular weight excluding hydrogens is 330 g/mol. The minimum absolute atomic E-state index is 0.161. The molecule has 21 heavy (non-hydrogen) atoms. The van der Waals surface area contributed by atoms with Gasteiger partial charge in [0.15, 0.2) is 0 Å². The molecule has 0 bridgehead atoms. The third-order valence-corrected chi connectivity index (χ3v) is 5.01. The number of fused-ring (bicyclic) bond motifs is 1. The molecular formula is C17H22BrNO2. The summed E-state index contributed by atoms with van der Waals surface area (Å²) < 4.78 is 6.74. The summed E-state index contributed by atoms with van der Waals surface area (Å²) in [4.78, 5) is 12.0. The third kappa shape index (κ3) is 3.79. The van der Waals surface area contributed by atoms with E-state index in [1.54, 1.807) is 0 Å². The smallest absolute Gasteiger partial charge is 0.220 e. The van der Waals surface area contributed by atoms with Gasteiger partial charge in [0.2, 0.25) is 5.91 Å². The maximum absolute atomic E-state index is 12.0. The van der Waals surface area contributed by atoms with Crippen LogP contribution >= 0.6 is 15.9 Å². The second-order valence-electron chi connectivity index (χ2n) is 6.12. The van der Waals surface area contributed by atoms with Gasteiger partial charge in [-0.25, -0.2) is 0 Å². The molecule has 4 heteroatoms. The molecule has 0 aromatic heterocycles. The van der Waals surface area contributed by atoms with E-state index in [1.165, 1.54) is 31.2 Å². The first-order valence-electron chi connectivity index (χ1n) is 7.93. The van der Waals surface area contributed by atoms with Crippen LogP contribution in [-0.4, -0.2) is 12.5 Å². The molecule has 0 unspecified atom stereocenters. The molecule has 1 N–H and O–H groups in total.